The van der Waals surface area contributed by atoms with Gasteiger partial charge in [0.2, 0.25) is 0 Å². The number of hydrogen-bond donors (Lipinski definition) is 2. The SMILES string of the molecule is CCOC(=O)c1ccc(NC(=O)c2cnc(Nc3cc(C)ccc3C)cn2)cc1. The maximum Gasteiger partial charge on any atom is 0.338 e. The molecule has 3 aromatic rings. The molecule has 1 heterocycles. The fourth-order valence-corrected chi connectivity index (χ4v) is 2.62. The van der Waals surface area contributed by atoms with Crippen LogP contribution < -0.4 is 10.6 Å². The average Bonchev–Trinajstić information content (AvgIpc) is 2.72. The molecule has 148 valence electrons. The van der Waals surface area contributed by atoms with Crippen molar-refractivity contribution in [3.63, 3.8) is 0 Å². The second-order valence-corrected chi connectivity index (χ2v) is 6.48. The van der Waals surface area contributed by atoms with Gasteiger partial charge in [-0.15, -0.1) is 0 Å². The molecule has 0 unspecified atom stereocenters. The Kier molecular flexibility index (Phi) is 6.19. The van der Waals surface area contributed by atoms with E-state index in [-0.39, 0.29) is 11.6 Å². The maximum absolute atomic E-state index is 12.4. The number of rotatable bonds is 6. The zero-order valence-electron chi connectivity index (χ0n) is 16.5. The van der Waals surface area contributed by atoms with Gasteiger partial charge in [0.15, 0.2) is 0 Å². The third-order valence-electron chi connectivity index (χ3n) is 4.19. The van der Waals surface area contributed by atoms with Crippen LogP contribution >= 0.6 is 0 Å². The lowest BCUT2D eigenvalue weighted by atomic mass is 10.1. The van der Waals surface area contributed by atoms with E-state index < -0.39 is 5.97 Å². The predicted octanol–water partition coefficient (Wildman–Crippen LogP) is 4.27. The third-order valence-corrected chi connectivity index (χ3v) is 4.19. The smallest absolute Gasteiger partial charge is 0.338 e. The quantitative estimate of drug-likeness (QED) is 0.611. The monoisotopic (exact) mass is 390 g/mol. The molecule has 0 bridgehead atoms. The molecule has 0 aliphatic heterocycles. The first kappa shape index (κ1) is 20.0. The minimum Gasteiger partial charge on any atom is -0.462 e. The molecule has 3 rings (SSSR count). The van der Waals surface area contributed by atoms with E-state index in [1.165, 1.54) is 12.4 Å². The number of carbonyl (C=O) groups excluding carboxylic acids is 2. The molecular weight excluding hydrogens is 368 g/mol. The lowest BCUT2D eigenvalue weighted by molar-refractivity contribution is 0.0526. The number of anilines is 3. The number of hydrogen-bond acceptors (Lipinski definition) is 6. The molecule has 0 aliphatic carbocycles. The number of ether oxygens (including phenoxy) is 1. The maximum atomic E-state index is 12.4. The van der Waals surface area contributed by atoms with Crippen LogP contribution in [0.1, 0.15) is 38.9 Å². The molecule has 7 nitrogen and oxygen atoms in total. The number of aromatic nitrogens is 2. The summed E-state index contributed by atoms with van der Waals surface area (Å²) in [6.07, 6.45) is 2.93. The van der Waals surface area contributed by atoms with Crippen molar-refractivity contribution in [2.45, 2.75) is 20.8 Å². The van der Waals surface area contributed by atoms with Crippen LogP contribution in [0.4, 0.5) is 17.2 Å². The molecule has 2 aromatic carbocycles. The molecular formula is C22H22N4O3. The van der Waals surface area contributed by atoms with E-state index in [9.17, 15) is 9.59 Å². The van der Waals surface area contributed by atoms with Gasteiger partial charge < -0.3 is 15.4 Å². The fraction of sp³-hybridized carbons (Fsp3) is 0.182. The summed E-state index contributed by atoms with van der Waals surface area (Å²) in [6.45, 7) is 6.08. The van der Waals surface area contributed by atoms with Gasteiger partial charge in [0.05, 0.1) is 24.6 Å². The lowest BCUT2D eigenvalue weighted by Gasteiger charge is -2.10. The van der Waals surface area contributed by atoms with E-state index in [1.54, 1.807) is 31.2 Å². The van der Waals surface area contributed by atoms with Gasteiger partial charge in [-0.3, -0.25) is 4.79 Å². The first-order valence-corrected chi connectivity index (χ1v) is 9.21. The molecule has 0 saturated carbocycles. The Hall–Kier alpha value is -3.74. The molecule has 0 atom stereocenters. The summed E-state index contributed by atoms with van der Waals surface area (Å²) in [4.78, 5) is 32.5. The van der Waals surface area contributed by atoms with E-state index in [0.717, 1.165) is 16.8 Å². The summed E-state index contributed by atoms with van der Waals surface area (Å²) in [6, 6.07) is 12.5. The van der Waals surface area contributed by atoms with Crippen molar-refractivity contribution in [3.05, 3.63) is 77.2 Å². The molecule has 2 N–H and O–H groups in total. The van der Waals surface area contributed by atoms with Crippen LogP contribution in [0.15, 0.2) is 54.9 Å². The van der Waals surface area contributed by atoms with Crippen LogP contribution in [0.3, 0.4) is 0 Å². The van der Waals surface area contributed by atoms with Crippen LogP contribution in [0.2, 0.25) is 0 Å². The van der Waals surface area contributed by atoms with E-state index in [0.29, 0.717) is 23.7 Å². The summed E-state index contributed by atoms with van der Waals surface area (Å²) in [7, 11) is 0. The van der Waals surface area contributed by atoms with E-state index >= 15 is 0 Å². The topological polar surface area (TPSA) is 93.2 Å². The summed E-state index contributed by atoms with van der Waals surface area (Å²) in [5.74, 6) is -0.239. The van der Waals surface area contributed by atoms with Crippen LogP contribution in [0, 0.1) is 13.8 Å². The number of nitrogens with zero attached hydrogens (tertiary/aromatic N) is 2. The molecule has 29 heavy (non-hydrogen) atoms. The Balaban J connectivity index is 1.64. The molecule has 0 radical (unpaired) electrons. The van der Waals surface area contributed by atoms with Crippen molar-refractivity contribution in [1.82, 2.24) is 9.97 Å². The minimum absolute atomic E-state index is 0.186. The van der Waals surface area contributed by atoms with Crippen LogP contribution in [-0.2, 0) is 4.74 Å². The summed E-state index contributed by atoms with van der Waals surface area (Å²) >= 11 is 0. The summed E-state index contributed by atoms with van der Waals surface area (Å²) < 4.78 is 4.94. The van der Waals surface area contributed by atoms with Gasteiger partial charge in [-0.1, -0.05) is 12.1 Å². The van der Waals surface area contributed by atoms with E-state index in [1.807, 2.05) is 32.0 Å². The van der Waals surface area contributed by atoms with Crippen molar-refractivity contribution in [3.8, 4) is 0 Å². The van der Waals surface area contributed by atoms with Crippen molar-refractivity contribution < 1.29 is 14.3 Å². The number of amides is 1. The second kappa shape index (κ2) is 8.97. The van der Waals surface area contributed by atoms with Gasteiger partial charge in [-0.05, 0) is 62.2 Å². The Morgan fingerprint density at radius 2 is 1.76 bits per heavy atom. The number of aryl methyl sites for hydroxylation is 2. The lowest BCUT2D eigenvalue weighted by Crippen LogP contribution is -2.14. The fourth-order valence-electron chi connectivity index (χ4n) is 2.62. The van der Waals surface area contributed by atoms with Gasteiger partial charge >= 0.3 is 5.97 Å². The van der Waals surface area contributed by atoms with E-state index in [4.69, 9.17) is 4.74 Å². The normalized spacial score (nSPS) is 10.3. The van der Waals surface area contributed by atoms with Crippen molar-refractivity contribution in [2.24, 2.45) is 0 Å². The highest BCUT2D eigenvalue weighted by atomic mass is 16.5. The van der Waals surface area contributed by atoms with Crippen molar-refractivity contribution in [1.29, 1.82) is 0 Å². The zero-order valence-corrected chi connectivity index (χ0v) is 16.5. The molecule has 0 fully saturated rings. The van der Waals surface area contributed by atoms with Gasteiger partial charge in [0.1, 0.15) is 11.5 Å². The zero-order chi connectivity index (χ0) is 20.8. The second-order valence-electron chi connectivity index (χ2n) is 6.48. The predicted molar refractivity (Wildman–Crippen MR) is 112 cm³/mol. The summed E-state index contributed by atoms with van der Waals surface area (Å²) in [5, 5.41) is 5.93. The van der Waals surface area contributed by atoms with Gasteiger partial charge in [-0.25, -0.2) is 14.8 Å². The van der Waals surface area contributed by atoms with Crippen molar-refractivity contribution in [2.75, 3.05) is 17.2 Å². The van der Waals surface area contributed by atoms with Gasteiger partial charge in [0.25, 0.3) is 5.91 Å². The third kappa shape index (κ3) is 5.16. The molecule has 0 spiro atoms. The highest BCUT2D eigenvalue weighted by Gasteiger charge is 2.11. The Labute approximate surface area is 169 Å². The van der Waals surface area contributed by atoms with Crippen LogP contribution in [-0.4, -0.2) is 28.5 Å². The summed E-state index contributed by atoms with van der Waals surface area (Å²) in [5.41, 5.74) is 4.32. The number of carbonyl (C=O) groups is 2. The Bertz CT molecular complexity index is 1020. The van der Waals surface area contributed by atoms with Gasteiger partial charge in [0, 0.05) is 11.4 Å². The molecule has 7 heteroatoms. The molecule has 1 aromatic heterocycles. The largest absolute Gasteiger partial charge is 0.462 e. The highest BCUT2D eigenvalue weighted by molar-refractivity contribution is 6.03. The van der Waals surface area contributed by atoms with E-state index in [2.05, 4.69) is 20.6 Å². The standard InChI is InChI=1S/C22H22N4O3/c1-4-29-22(28)16-7-9-17(10-8-16)25-21(27)19-12-24-20(13-23-19)26-18-11-14(2)5-6-15(18)3/h5-13H,4H2,1-3H3,(H,24,26)(H,25,27). The van der Waals surface area contributed by atoms with Crippen LogP contribution in [0.25, 0.3) is 0 Å². The average molecular weight is 390 g/mol. The van der Waals surface area contributed by atoms with Gasteiger partial charge in [-0.2, -0.15) is 0 Å². The van der Waals surface area contributed by atoms with Crippen molar-refractivity contribution >= 4 is 29.1 Å². The van der Waals surface area contributed by atoms with Crippen LogP contribution in [0.5, 0.6) is 0 Å². The number of nitrogens with one attached hydrogen (secondary N) is 2. The first-order chi connectivity index (χ1) is 14.0. The first-order valence-electron chi connectivity index (χ1n) is 9.21. The number of esters is 1. The highest BCUT2D eigenvalue weighted by Crippen LogP contribution is 2.20. The molecule has 0 saturated heterocycles. The Morgan fingerprint density at radius 1 is 1.00 bits per heavy atom. The minimum atomic E-state index is -0.400. The Morgan fingerprint density at radius 3 is 2.41 bits per heavy atom. The number of benzene rings is 2. The molecule has 1 amide bonds. The molecule has 0 aliphatic rings.